The molecule has 6 heteroatoms. The number of halogens is 1. The highest BCUT2D eigenvalue weighted by atomic mass is 127. The summed E-state index contributed by atoms with van der Waals surface area (Å²) in [7, 11) is 0. The number of nitrogens with one attached hydrogen (secondary N) is 2. The largest absolute Gasteiger partial charge is 0.381 e. The Hall–Kier alpha value is -0.0800. The monoisotopic (exact) mass is 481 g/mol. The molecule has 2 N–H and O–H groups in total. The first-order valence-corrected chi connectivity index (χ1v) is 10.4. The third-order valence-electron chi connectivity index (χ3n) is 5.27. The quantitative estimate of drug-likeness (QED) is 0.240. The Morgan fingerprint density at radius 3 is 2.46 bits per heavy atom. The first-order valence-electron chi connectivity index (χ1n) is 10.4. The molecule has 1 heterocycles. The van der Waals surface area contributed by atoms with Crippen LogP contribution in [0.3, 0.4) is 0 Å². The minimum Gasteiger partial charge on any atom is -0.381 e. The lowest BCUT2D eigenvalue weighted by atomic mass is 9.80. The average Bonchev–Trinajstić information content (AvgIpc) is 2.58. The predicted molar refractivity (Wildman–Crippen MR) is 119 cm³/mol. The van der Waals surface area contributed by atoms with Gasteiger partial charge in [-0.3, -0.25) is 4.99 Å². The summed E-state index contributed by atoms with van der Waals surface area (Å²) in [5, 5.41) is 7.03. The second-order valence-corrected chi connectivity index (χ2v) is 8.00. The molecule has 154 valence electrons. The van der Waals surface area contributed by atoms with Crippen LogP contribution in [0.25, 0.3) is 0 Å². The van der Waals surface area contributed by atoms with Crippen molar-refractivity contribution in [3.8, 4) is 0 Å². The van der Waals surface area contributed by atoms with Crippen molar-refractivity contribution in [2.75, 3.05) is 39.5 Å². The van der Waals surface area contributed by atoms with E-state index in [4.69, 9.17) is 14.5 Å². The number of guanidine groups is 1. The highest BCUT2D eigenvalue weighted by molar-refractivity contribution is 14.0. The summed E-state index contributed by atoms with van der Waals surface area (Å²) in [4.78, 5) is 4.74. The zero-order valence-corrected chi connectivity index (χ0v) is 19.3. The van der Waals surface area contributed by atoms with Crippen molar-refractivity contribution in [2.24, 2.45) is 22.7 Å². The van der Waals surface area contributed by atoms with E-state index in [2.05, 4.69) is 31.4 Å². The van der Waals surface area contributed by atoms with Gasteiger partial charge in [0.25, 0.3) is 0 Å². The summed E-state index contributed by atoms with van der Waals surface area (Å²) in [6.07, 6.45) is 7.13. The molecule has 0 amide bonds. The van der Waals surface area contributed by atoms with Gasteiger partial charge in [-0.2, -0.15) is 0 Å². The Morgan fingerprint density at radius 1 is 1.12 bits per heavy atom. The van der Waals surface area contributed by atoms with Gasteiger partial charge >= 0.3 is 0 Å². The molecule has 2 unspecified atom stereocenters. The van der Waals surface area contributed by atoms with Crippen LogP contribution in [-0.2, 0) is 9.47 Å². The minimum atomic E-state index is 0. The molecule has 26 heavy (non-hydrogen) atoms. The number of nitrogens with zero attached hydrogens (tertiary/aromatic N) is 1. The summed E-state index contributed by atoms with van der Waals surface area (Å²) in [6, 6.07) is 0.557. The number of hydrogen-bond acceptors (Lipinski definition) is 3. The normalized spacial score (nSPS) is 27.7. The molecule has 2 rings (SSSR count). The first-order chi connectivity index (χ1) is 12.2. The summed E-state index contributed by atoms with van der Waals surface area (Å²) in [5.41, 5.74) is 0. The maximum atomic E-state index is 5.83. The van der Waals surface area contributed by atoms with Crippen LogP contribution >= 0.6 is 24.0 Å². The van der Waals surface area contributed by atoms with Crippen LogP contribution in [0.5, 0.6) is 0 Å². The second-order valence-electron chi connectivity index (χ2n) is 8.00. The molecule has 2 fully saturated rings. The fourth-order valence-corrected chi connectivity index (χ4v) is 4.10. The van der Waals surface area contributed by atoms with Crippen LogP contribution in [0.15, 0.2) is 4.99 Å². The maximum absolute atomic E-state index is 5.83. The molecule has 0 spiro atoms. The molecule has 1 aliphatic heterocycles. The topological polar surface area (TPSA) is 54.9 Å². The van der Waals surface area contributed by atoms with E-state index in [1.807, 2.05) is 0 Å². The van der Waals surface area contributed by atoms with Crippen LogP contribution in [0.4, 0.5) is 0 Å². The van der Waals surface area contributed by atoms with Crippen LogP contribution in [0.2, 0.25) is 0 Å². The van der Waals surface area contributed by atoms with Gasteiger partial charge in [0.05, 0.1) is 0 Å². The number of hydrogen-bond donors (Lipinski definition) is 2. The Balaban J connectivity index is 0.00000338. The van der Waals surface area contributed by atoms with E-state index in [1.165, 1.54) is 19.3 Å². The predicted octanol–water partition coefficient (Wildman–Crippen LogP) is 3.82. The molecule has 1 saturated carbocycles. The maximum Gasteiger partial charge on any atom is 0.191 e. The van der Waals surface area contributed by atoms with Crippen molar-refractivity contribution in [2.45, 2.75) is 65.3 Å². The van der Waals surface area contributed by atoms with Gasteiger partial charge in [0.1, 0.15) is 0 Å². The molecule has 0 radical (unpaired) electrons. The van der Waals surface area contributed by atoms with Gasteiger partial charge in [-0.15, -0.1) is 24.0 Å². The fraction of sp³-hybridized carbons (Fsp3) is 0.950. The average molecular weight is 481 g/mol. The van der Waals surface area contributed by atoms with Crippen LogP contribution < -0.4 is 10.6 Å². The molecule has 1 aliphatic carbocycles. The van der Waals surface area contributed by atoms with E-state index in [-0.39, 0.29) is 24.0 Å². The Bertz CT molecular complexity index is 379. The highest BCUT2D eigenvalue weighted by Crippen LogP contribution is 2.28. The van der Waals surface area contributed by atoms with Gasteiger partial charge in [0.2, 0.25) is 0 Å². The summed E-state index contributed by atoms with van der Waals surface area (Å²) in [5.74, 6) is 3.27. The van der Waals surface area contributed by atoms with Crippen molar-refractivity contribution in [1.29, 1.82) is 0 Å². The molecule has 0 aromatic heterocycles. The number of aliphatic imine (C=N–C) groups is 1. The second kappa shape index (κ2) is 14.0. The molecule has 2 atom stereocenters. The third kappa shape index (κ3) is 9.74. The van der Waals surface area contributed by atoms with Gasteiger partial charge in [-0.05, 0) is 63.2 Å². The van der Waals surface area contributed by atoms with E-state index in [0.717, 1.165) is 76.6 Å². The Morgan fingerprint density at radius 2 is 1.81 bits per heavy atom. The van der Waals surface area contributed by atoms with Crippen LogP contribution in [0, 0.1) is 17.8 Å². The molecule has 0 aromatic carbocycles. The summed E-state index contributed by atoms with van der Waals surface area (Å²) in [6.45, 7) is 12.1. The molecule has 1 saturated heterocycles. The van der Waals surface area contributed by atoms with Crippen molar-refractivity contribution < 1.29 is 9.47 Å². The zero-order chi connectivity index (χ0) is 17.9. The lowest BCUT2D eigenvalue weighted by molar-refractivity contribution is 0.0205. The molecule has 5 nitrogen and oxygen atoms in total. The summed E-state index contributed by atoms with van der Waals surface area (Å²) < 4.78 is 11.2. The van der Waals surface area contributed by atoms with Gasteiger partial charge in [-0.1, -0.05) is 13.8 Å². The van der Waals surface area contributed by atoms with Crippen LogP contribution in [-0.4, -0.2) is 51.5 Å². The molecular formula is C20H40IN3O2. The summed E-state index contributed by atoms with van der Waals surface area (Å²) >= 11 is 0. The van der Waals surface area contributed by atoms with Crippen molar-refractivity contribution in [3.05, 3.63) is 0 Å². The van der Waals surface area contributed by atoms with Crippen LogP contribution in [0.1, 0.15) is 59.3 Å². The van der Waals surface area contributed by atoms with Crippen molar-refractivity contribution in [3.63, 3.8) is 0 Å². The van der Waals surface area contributed by atoms with Gasteiger partial charge in [-0.25, -0.2) is 0 Å². The Labute approximate surface area is 177 Å². The standard InChI is InChI=1S/C20H39N3O2.HI/c1-4-21-20(23-19-13-16(2)12-17(3)14-19)22-8-5-9-25-15-18-6-10-24-11-7-18;/h16-19H,4-15H2,1-3H3,(H2,21,22,23);1H. The number of rotatable bonds is 8. The first kappa shape index (κ1) is 24.0. The smallest absolute Gasteiger partial charge is 0.191 e. The van der Waals surface area contributed by atoms with E-state index < -0.39 is 0 Å². The van der Waals surface area contributed by atoms with Gasteiger partial charge in [0, 0.05) is 45.6 Å². The molecule has 0 aromatic rings. The number of ether oxygens (including phenoxy) is 2. The van der Waals surface area contributed by atoms with E-state index in [0.29, 0.717) is 12.0 Å². The van der Waals surface area contributed by atoms with Gasteiger partial charge in [0.15, 0.2) is 5.96 Å². The van der Waals surface area contributed by atoms with E-state index in [9.17, 15) is 0 Å². The molecular weight excluding hydrogens is 441 g/mol. The van der Waals surface area contributed by atoms with E-state index in [1.54, 1.807) is 0 Å². The minimum absolute atomic E-state index is 0. The fourth-order valence-electron chi connectivity index (χ4n) is 4.10. The SMILES string of the molecule is CCNC(=NCCCOCC1CCOCC1)NC1CC(C)CC(C)C1.I. The lowest BCUT2D eigenvalue weighted by Crippen LogP contribution is -2.46. The Kier molecular flexibility index (Phi) is 12.9. The van der Waals surface area contributed by atoms with Crippen molar-refractivity contribution in [1.82, 2.24) is 10.6 Å². The molecule has 2 aliphatic rings. The third-order valence-corrected chi connectivity index (χ3v) is 5.27. The van der Waals surface area contributed by atoms with Crippen molar-refractivity contribution >= 4 is 29.9 Å². The van der Waals surface area contributed by atoms with E-state index >= 15 is 0 Å². The zero-order valence-electron chi connectivity index (χ0n) is 17.0. The highest BCUT2D eigenvalue weighted by Gasteiger charge is 2.24. The lowest BCUT2D eigenvalue weighted by Gasteiger charge is -2.32. The van der Waals surface area contributed by atoms with Gasteiger partial charge < -0.3 is 20.1 Å². The molecule has 0 bridgehead atoms.